The van der Waals surface area contributed by atoms with Gasteiger partial charge in [0.25, 0.3) is 15.9 Å². The summed E-state index contributed by atoms with van der Waals surface area (Å²) in [7, 11) is -4.21. The van der Waals surface area contributed by atoms with Crippen molar-refractivity contribution >= 4 is 27.3 Å². The minimum Gasteiger partial charge on any atom is -0.384 e. The predicted octanol–water partition coefficient (Wildman–Crippen LogP) is 5.29. The molecule has 0 fully saturated rings. The highest BCUT2D eigenvalue weighted by molar-refractivity contribution is 7.90. The number of benzene rings is 1. The lowest BCUT2D eigenvalue weighted by molar-refractivity contribution is 0.0980. The van der Waals surface area contributed by atoms with Gasteiger partial charge in [-0.15, -0.1) is 0 Å². The first-order valence-corrected chi connectivity index (χ1v) is 14.1. The number of nitrogen functional groups attached to an aromatic ring is 1. The van der Waals surface area contributed by atoms with Crippen molar-refractivity contribution in [3.63, 3.8) is 0 Å². The third-order valence-corrected chi connectivity index (χ3v) is 8.31. The molecule has 0 radical (unpaired) electrons. The maximum Gasteiger partial charge on any atom is 0.281 e. The van der Waals surface area contributed by atoms with E-state index in [1.807, 2.05) is 19.9 Å². The van der Waals surface area contributed by atoms with Crippen LogP contribution in [0, 0.1) is 26.7 Å². The van der Waals surface area contributed by atoms with Crippen LogP contribution < -0.4 is 10.5 Å². The van der Waals surface area contributed by atoms with Crippen molar-refractivity contribution in [2.45, 2.75) is 64.8 Å². The van der Waals surface area contributed by atoms with Gasteiger partial charge in [0.2, 0.25) is 0 Å². The zero-order valence-corrected chi connectivity index (χ0v) is 22.7. The summed E-state index contributed by atoms with van der Waals surface area (Å²) in [6.45, 7) is 8.36. The number of sulfonamides is 1. The van der Waals surface area contributed by atoms with E-state index in [0.29, 0.717) is 18.0 Å². The van der Waals surface area contributed by atoms with Crippen LogP contribution in [0.3, 0.4) is 0 Å². The molecule has 2 aromatic heterocycles. The normalized spacial score (nSPS) is 15.8. The van der Waals surface area contributed by atoms with Gasteiger partial charge in [0, 0.05) is 6.42 Å². The summed E-state index contributed by atoms with van der Waals surface area (Å²) in [5, 5.41) is -0.310. The molecule has 4 rings (SSSR count). The number of amides is 1. The van der Waals surface area contributed by atoms with Crippen molar-refractivity contribution in [3.8, 4) is 0 Å². The number of carbonyl (C=O) groups is 1. The molecule has 1 unspecified atom stereocenters. The number of allylic oxidation sites excluding steroid dienone is 2. The molecule has 0 saturated heterocycles. The van der Waals surface area contributed by atoms with Crippen molar-refractivity contribution in [2.24, 2.45) is 5.92 Å². The van der Waals surface area contributed by atoms with Crippen molar-refractivity contribution in [3.05, 3.63) is 87.7 Å². The van der Waals surface area contributed by atoms with E-state index in [9.17, 15) is 13.2 Å². The van der Waals surface area contributed by atoms with Crippen LogP contribution >= 0.6 is 0 Å². The molecule has 0 bridgehead atoms. The summed E-state index contributed by atoms with van der Waals surface area (Å²) in [5.41, 5.74) is 12.9. The monoisotopic (exact) mass is 518 g/mol. The Morgan fingerprint density at radius 3 is 2.43 bits per heavy atom. The SMILES string of the molecule is CCC1CC=C(c2ccc(C(=O)NS(=O)(=O)c3cccc(N)n3)c(Cc3c(C)cc(C)cc3C)n2)CC1. The van der Waals surface area contributed by atoms with Gasteiger partial charge in [0.05, 0.1) is 17.0 Å². The molecular formula is C29H34N4O3S. The molecule has 2 heterocycles. The highest BCUT2D eigenvalue weighted by Gasteiger charge is 2.24. The topological polar surface area (TPSA) is 115 Å². The fourth-order valence-electron chi connectivity index (χ4n) is 4.98. The number of anilines is 1. The van der Waals surface area contributed by atoms with Crippen LogP contribution in [0.2, 0.25) is 0 Å². The first-order chi connectivity index (χ1) is 17.6. The lowest BCUT2D eigenvalue weighted by Crippen LogP contribution is -2.32. The average molecular weight is 519 g/mol. The summed E-state index contributed by atoms with van der Waals surface area (Å²) in [5.74, 6) is -0.000227. The van der Waals surface area contributed by atoms with Gasteiger partial charge < -0.3 is 5.73 Å². The number of pyridine rings is 2. The molecule has 1 aromatic carbocycles. The summed E-state index contributed by atoms with van der Waals surface area (Å²) in [6.07, 6.45) is 6.90. The van der Waals surface area contributed by atoms with Crippen LogP contribution in [0.4, 0.5) is 5.82 Å². The van der Waals surface area contributed by atoms with Crippen LogP contribution in [-0.2, 0) is 16.4 Å². The molecule has 1 aliphatic carbocycles. The van der Waals surface area contributed by atoms with Gasteiger partial charge in [-0.25, -0.2) is 9.71 Å². The van der Waals surface area contributed by atoms with Crippen molar-refractivity contribution in [1.29, 1.82) is 0 Å². The maximum atomic E-state index is 13.3. The second-order valence-electron chi connectivity index (χ2n) is 9.86. The number of nitrogens with zero attached hydrogens (tertiary/aromatic N) is 2. The van der Waals surface area contributed by atoms with E-state index in [1.54, 1.807) is 6.07 Å². The Kier molecular flexibility index (Phi) is 7.78. The zero-order valence-electron chi connectivity index (χ0n) is 21.8. The van der Waals surface area contributed by atoms with Gasteiger partial charge in [-0.05, 0) is 92.5 Å². The Hall–Kier alpha value is -3.52. The zero-order chi connectivity index (χ0) is 26.7. The van der Waals surface area contributed by atoms with E-state index < -0.39 is 15.9 Å². The molecule has 7 nitrogen and oxygen atoms in total. The van der Waals surface area contributed by atoms with Gasteiger partial charge in [0.15, 0.2) is 5.03 Å². The Morgan fingerprint density at radius 2 is 1.81 bits per heavy atom. The molecular weight excluding hydrogens is 484 g/mol. The van der Waals surface area contributed by atoms with Gasteiger partial charge in [-0.2, -0.15) is 8.42 Å². The highest BCUT2D eigenvalue weighted by Crippen LogP contribution is 2.32. The number of carbonyl (C=O) groups excluding carboxylic acids is 1. The quantitative estimate of drug-likeness (QED) is 0.439. The fraction of sp³-hybridized carbons (Fsp3) is 0.345. The van der Waals surface area contributed by atoms with Crippen LogP contribution in [0.5, 0.6) is 0 Å². The lowest BCUT2D eigenvalue weighted by Gasteiger charge is -2.21. The minimum absolute atomic E-state index is 0.0541. The van der Waals surface area contributed by atoms with Gasteiger partial charge in [-0.3, -0.25) is 9.78 Å². The van der Waals surface area contributed by atoms with E-state index in [2.05, 4.69) is 41.8 Å². The number of nitrogens with two attached hydrogens (primary N) is 1. The first-order valence-electron chi connectivity index (χ1n) is 12.6. The Labute approximate surface area is 219 Å². The van der Waals surface area contributed by atoms with E-state index in [-0.39, 0.29) is 16.4 Å². The van der Waals surface area contributed by atoms with Gasteiger partial charge in [-0.1, -0.05) is 43.2 Å². The molecule has 8 heteroatoms. The predicted molar refractivity (Wildman–Crippen MR) is 147 cm³/mol. The van der Waals surface area contributed by atoms with Crippen molar-refractivity contribution in [1.82, 2.24) is 14.7 Å². The number of aryl methyl sites for hydroxylation is 3. The van der Waals surface area contributed by atoms with E-state index >= 15 is 0 Å². The molecule has 194 valence electrons. The summed E-state index contributed by atoms with van der Waals surface area (Å²) in [6, 6.07) is 12.0. The van der Waals surface area contributed by atoms with Crippen LogP contribution in [0.25, 0.3) is 5.57 Å². The molecule has 0 saturated carbocycles. The number of nitrogens with one attached hydrogen (secondary N) is 1. The second kappa shape index (κ2) is 10.8. The number of aromatic nitrogens is 2. The molecule has 1 atom stereocenters. The molecule has 0 aliphatic heterocycles. The Morgan fingerprint density at radius 1 is 1.08 bits per heavy atom. The number of rotatable bonds is 7. The first kappa shape index (κ1) is 26.5. The van der Waals surface area contributed by atoms with E-state index in [4.69, 9.17) is 10.7 Å². The third kappa shape index (κ3) is 6.07. The smallest absolute Gasteiger partial charge is 0.281 e. The summed E-state index contributed by atoms with van der Waals surface area (Å²) < 4.78 is 27.9. The molecule has 1 amide bonds. The van der Waals surface area contributed by atoms with Gasteiger partial charge >= 0.3 is 0 Å². The lowest BCUT2D eigenvalue weighted by atomic mass is 9.86. The van der Waals surface area contributed by atoms with Gasteiger partial charge in [0.1, 0.15) is 5.82 Å². The molecule has 1 aliphatic rings. The Bertz CT molecular complexity index is 1460. The third-order valence-electron chi connectivity index (χ3n) is 7.08. The average Bonchev–Trinajstić information content (AvgIpc) is 2.86. The van der Waals surface area contributed by atoms with E-state index in [1.165, 1.54) is 23.8 Å². The fourth-order valence-corrected chi connectivity index (χ4v) is 5.92. The molecule has 0 spiro atoms. The summed E-state index contributed by atoms with van der Waals surface area (Å²) >= 11 is 0. The van der Waals surface area contributed by atoms with E-state index in [0.717, 1.165) is 53.6 Å². The molecule has 3 N–H and O–H groups in total. The minimum atomic E-state index is -4.21. The highest BCUT2D eigenvalue weighted by atomic mass is 32.2. The van der Waals surface area contributed by atoms with Crippen LogP contribution in [0.15, 0.2) is 53.6 Å². The second-order valence-corrected chi connectivity index (χ2v) is 11.5. The summed E-state index contributed by atoms with van der Waals surface area (Å²) in [4.78, 5) is 22.1. The molecule has 37 heavy (non-hydrogen) atoms. The van der Waals surface area contributed by atoms with Crippen LogP contribution in [-0.4, -0.2) is 24.3 Å². The maximum absolute atomic E-state index is 13.3. The van der Waals surface area contributed by atoms with Crippen molar-refractivity contribution in [2.75, 3.05) is 5.73 Å². The standard InChI is InChI=1S/C29H34N4O3S/c1-5-21-9-11-22(12-10-21)25-14-13-23(26(31-25)17-24-19(3)15-18(2)16-20(24)4)29(34)33-37(35,36)28-8-6-7-27(30)32-28/h6-8,11,13-16,21H,5,9-10,12,17H2,1-4H3,(H2,30,32)(H,33,34). The number of hydrogen-bond donors (Lipinski definition) is 2. The van der Waals surface area contributed by atoms with Crippen LogP contribution in [0.1, 0.15) is 76.6 Å². The molecule has 3 aromatic rings. The Balaban J connectivity index is 1.73. The number of hydrogen-bond acceptors (Lipinski definition) is 6. The largest absolute Gasteiger partial charge is 0.384 e. The van der Waals surface area contributed by atoms with Crippen molar-refractivity contribution < 1.29 is 13.2 Å².